The van der Waals surface area contributed by atoms with Crippen molar-refractivity contribution in [2.75, 3.05) is 0 Å². The number of aryl methyl sites for hydroxylation is 1. The lowest BCUT2D eigenvalue weighted by molar-refractivity contribution is 0.0460. The second-order valence-electron chi connectivity index (χ2n) is 5.48. The zero-order valence-corrected chi connectivity index (χ0v) is 14.0. The van der Waals surface area contributed by atoms with Crippen molar-refractivity contribution in [1.29, 1.82) is 0 Å². The highest BCUT2D eigenvalue weighted by atomic mass is 32.1. The minimum atomic E-state index is -0.313. The molecular weight excluding hydrogens is 320 g/mol. The Kier molecular flexibility index (Phi) is 3.78. The molecule has 0 saturated heterocycles. The quantitative estimate of drug-likeness (QED) is 0.510. The zero-order valence-electron chi connectivity index (χ0n) is 13.2. The Bertz CT molecular complexity index is 999. The third kappa shape index (κ3) is 2.57. The van der Waals surface area contributed by atoms with Crippen molar-refractivity contribution >= 4 is 38.4 Å². The van der Waals surface area contributed by atoms with E-state index in [0.717, 1.165) is 32.7 Å². The third-order valence-electron chi connectivity index (χ3n) is 4.00. The van der Waals surface area contributed by atoms with Crippen molar-refractivity contribution in [3.63, 3.8) is 0 Å². The molecule has 0 radical (unpaired) electrons. The van der Waals surface area contributed by atoms with Crippen LogP contribution < -0.4 is 0 Å². The van der Waals surface area contributed by atoms with E-state index in [0.29, 0.717) is 5.69 Å². The largest absolute Gasteiger partial charge is 0.454 e. The molecule has 0 atom stereocenters. The molecule has 0 aliphatic heterocycles. The molecular formula is C19H16N2O2S. The van der Waals surface area contributed by atoms with Crippen molar-refractivity contribution in [1.82, 2.24) is 9.55 Å². The molecule has 4 rings (SSSR count). The summed E-state index contributed by atoms with van der Waals surface area (Å²) in [5.41, 5.74) is 2.57. The normalized spacial score (nSPS) is 11.2. The van der Waals surface area contributed by atoms with Gasteiger partial charge in [-0.3, -0.25) is 0 Å². The maximum absolute atomic E-state index is 12.5. The number of benzene rings is 2. The smallest absolute Gasteiger partial charge is 0.355 e. The molecule has 0 saturated carbocycles. The molecule has 5 heteroatoms. The van der Waals surface area contributed by atoms with E-state index in [4.69, 9.17) is 4.74 Å². The molecule has 0 aliphatic carbocycles. The molecule has 0 bridgehead atoms. The summed E-state index contributed by atoms with van der Waals surface area (Å²) in [6, 6.07) is 17.8. The number of rotatable bonds is 4. The molecule has 0 amide bonds. The fourth-order valence-corrected chi connectivity index (χ4v) is 3.78. The van der Waals surface area contributed by atoms with Gasteiger partial charge in [0.05, 0.1) is 10.2 Å². The second-order valence-corrected chi connectivity index (χ2v) is 6.60. The number of carbonyl (C=O) groups excluding carboxylic acids is 1. The summed E-state index contributed by atoms with van der Waals surface area (Å²) in [7, 11) is 0. The SMILES string of the molecule is CCn1c(C(=O)OCc2nc3ccccc3s2)cc2ccccc21. The summed E-state index contributed by atoms with van der Waals surface area (Å²) in [4.78, 5) is 17.0. The summed E-state index contributed by atoms with van der Waals surface area (Å²) in [5, 5.41) is 1.86. The van der Waals surface area contributed by atoms with Crippen LogP contribution in [0.15, 0.2) is 54.6 Å². The van der Waals surface area contributed by atoms with Crippen LogP contribution in [-0.4, -0.2) is 15.5 Å². The lowest BCUT2D eigenvalue weighted by Crippen LogP contribution is -2.11. The van der Waals surface area contributed by atoms with E-state index in [2.05, 4.69) is 4.98 Å². The average Bonchev–Trinajstić information content (AvgIpc) is 3.20. The number of esters is 1. The first-order valence-electron chi connectivity index (χ1n) is 7.86. The maximum Gasteiger partial charge on any atom is 0.355 e. The molecule has 0 unspecified atom stereocenters. The molecule has 120 valence electrons. The van der Waals surface area contributed by atoms with Gasteiger partial charge in [-0.05, 0) is 31.2 Å². The molecule has 24 heavy (non-hydrogen) atoms. The zero-order chi connectivity index (χ0) is 16.5. The van der Waals surface area contributed by atoms with Gasteiger partial charge in [0.15, 0.2) is 0 Å². The number of aromatic nitrogens is 2. The van der Waals surface area contributed by atoms with Crippen LogP contribution in [-0.2, 0) is 17.9 Å². The van der Waals surface area contributed by atoms with Gasteiger partial charge in [-0.15, -0.1) is 11.3 Å². The highest BCUT2D eigenvalue weighted by molar-refractivity contribution is 7.18. The average molecular weight is 336 g/mol. The Morgan fingerprint density at radius 1 is 1.17 bits per heavy atom. The number of hydrogen-bond donors (Lipinski definition) is 0. The summed E-state index contributed by atoms with van der Waals surface area (Å²) in [6.07, 6.45) is 0. The Labute approximate surface area is 143 Å². The number of carbonyl (C=O) groups is 1. The van der Waals surface area contributed by atoms with Crippen LogP contribution in [0.25, 0.3) is 21.1 Å². The van der Waals surface area contributed by atoms with Gasteiger partial charge in [0.1, 0.15) is 17.3 Å². The van der Waals surface area contributed by atoms with Crippen molar-refractivity contribution < 1.29 is 9.53 Å². The van der Waals surface area contributed by atoms with E-state index in [-0.39, 0.29) is 12.6 Å². The van der Waals surface area contributed by atoms with Crippen LogP contribution in [0.1, 0.15) is 22.4 Å². The monoisotopic (exact) mass is 336 g/mol. The van der Waals surface area contributed by atoms with Crippen molar-refractivity contribution in [3.8, 4) is 0 Å². The van der Waals surface area contributed by atoms with E-state index in [1.54, 1.807) is 11.3 Å². The Morgan fingerprint density at radius 3 is 2.79 bits per heavy atom. The minimum Gasteiger partial charge on any atom is -0.454 e. The van der Waals surface area contributed by atoms with Crippen molar-refractivity contribution in [2.45, 2.75) is 20.1 Å². The van der Waals surface area contributed by atoms with Crippen LogP contribution in [0.5, 0.6) is 0 Å². The van der Waals surface area contributed by atoms with Gasteiger partial charge in [0.25, 0.3) is 0 Å². The van der Waals surface area contributed by atoms with Gasteiger partial charge in [-0.1, -0.05) is 30.3 Å². The number of ether oxygens (including phenoxy) is 1. The number of fused-ring (bicyclic) bond motifs is 2. The van der Waals surface area contributed by atoms with Crippen molar-refractivity contribution in [2.24, 2.45) is 0 Å². The fraction of sp³-hybridized carbons (Fsp3) is 0.158. The first-order valence-corrected chi connectivity index (χ1v) is 8.68. The van der Waals surface area contributed by atoms with Crippen molar-refractivity contribution in [3.05, 3.63) is 65.3 Å². The van der Waals surface area contributed by atoms with E-state index < -0.39 is 0 Å². The fourth-order valence-electron chi connectivity index (χ4n) is 2.90. The van der Waals surface area contributed by atoms with Crippen LogP contribution >= 0.6 is 11.3 Å². The lowest BCUT2D eigenvalue weighted by Gasteiger charge is -2.07. The van der Waals surface area contributed by atoms with Crippen LogP contribution in [0, 0.1) is 0 Å². The Morgan fingerprint density at radius 2 is 1.96 bits per heavy atom. The van der Waals surface area contributed by atoms with Gasteiger partial charge in [0.2, 0.25) is 0 Å². The van der Waals surface area contributed by atoms with Gasteiger partial charge in [-0.2, -0.15) is 0 Å². The topological polar surface area (TPSA) is 44.1 Å². The molecule has 0 spiro atoms. The molecule has 4 nitrogen and oxygen atoms in total. The Hall–Kier alpha value is -2.66. The number of nitrogens with zero attached hydrogens (tertiary/aromatic N) is 2. The number of thiazole rings is 1. The summed E-state index contributed by atoms with van der Waals surface area (Å²) >= 11 is 1.55. The van der Waals surface area contributed by atoms with Gasteiger partial charge < -0.3 is 9.30 Å². The molecule has 2 heterocycles. The summed E-state index contributed by atoms with van der Waals surface area (Å²) < 4.78 is 8.59. The summed E-state index contributed by atoms with van der Waals surface area (Å²) in [6.45, 7) is 2.94. The number of para-hydroxylation sites is 2. The van der Waals surface area contributed by atoms with Gasteiger partial charge >= 0.3 is 5.97 Å². The third-order valence-corrected chi connectivity index (χ3v) is 5.01. The molecule has 4 aromatic rings. The highest BCUT2D eigenvalue weighted by Gasteiger charge is 2.16. The van der Waals surface area contributed by atoms with E-state index in [1.165, 1.54) is 0 Å². The molecule has 2 aromatic carbocycles. The summed E-state index contributed by atoms with van der Waals surface area (Å²) in [5.74, 6) is -0.313. The predicted octanol–water partition coefficient (Wildman–Crippen LogP) is 4.63. The minimum absolute atomic E-state index is 0.198. The van der Waals surface area contributed by atoms with E-state index in [9.17, 15) is 4.79 Å². The molecule has 2 aromatic heterocycles. The maximum atomic E-state index is 12.5. The molecule has 0 fully saturated rings. The second kappa shape index (κ2) is 6.09. The highest BCUT2D eigenvalue weighted by Crippen LogP contribution is 2.24. The number of hydrogen-bond acceptors (Lipinski definition) is 4. The Balaban J connectivity index is 1.58. The first kappa shape index (κ1) is 14.9. The van der Waals surface area contributed by atoms with Gasteiger partial charge in [-0.25, -0.2) is 9.78 Å². The predicted molar refractivity (Wildman–Crippen MR) is 96.4 cm³/mol. The molecule has 0 N–H and O–H groups in total. The van der Waals surface area contributed by atoms with E-state index >= 15 is 0 Å². The van der Waals surface area contributed by atoms with E-state index in [1.807, 2.05) is 66.1 Å². The van der Waals surface area contributed by atoms with Crippen LogP contribution in [0.3, 0.4) is 0 Å². The first-order chi connectivity index (χ1) is 11.8. The van der Waals surface area contributed by atoms with Crippen LogP contribution in [0.4, 0.5) is 0 Å². The van der Waals surface area contributed by atoms with Gasteiger partial charge in [0, 0.05) is 17.4 Å². The molecule has 0 aliphatic rings. The van der Waals surface area contributed by atoms with Crippen LogP contribution in [0.2, 0.25) is 0 Å². The lowest BCUT2D eigenvalue weighted by atomic mass is 10.2. The standard InChI is InChI=1S/C19H16N2O2S/c1-2-21-15-9-5-3-7-13(15)11-16(21)19(22)23-12-18-20-14-8-4-6-10-17(14)24-18/h3-11H,2,12H2,1H3.